The van der Waals surface area contributed by atoms with Gasteiger partial charge in [-0.15, -0.1) is 0 Å². The Hall–Kier alpha value is -2.41. The van der Waals surface area contributed by atoms with Crippen LogP contribution in [-0.4, -0.2) is 43.9 Å². The van der Waals surface area contributed by atoms with Gasteiger partial charge in [-0.05, 0) is 25.0 Å². The highest BCUT2D eigenvalue weighted by Crippen LogP contribution is 2.38. The van der Waals surface area contributed by atoms with Gasteiger partial charge in [-0.1, -0.05) is 5.16 Å². The van der Waals surface area contributed by atoms with Crippen molar-refractivity contribution in [2.24, 2.45) is 0 Å². The summed E-state index contributed by atoms with van der Waals surface area (Å²) in [5, 5.41) is 14.6. The van der Waals surface area contributed by atoms with Crippen LogP contribution in [-0.2, 0) is 0 Å². The molecule has 2 fully saturated rings. The average molecular weight is 286 g/mol. The number of carbonyl (C=O) groups is 1. The van der Waals surface area contributed by atoms with Crippen LogP contribution in [0.3, 0.4) is 0 Å². The van der Waals surface area contributed by atoms with Crippen LogP contribution in [0.5, 0.6) is 0 Å². The minimum absolute atomic E-state index is 0.0969. The van der Waals surface area contributed by atoms with E-state index >= 15 is 0 Å². The molecule has 7 heteroatoms. The molecule has 2 aliphatic heterocycles. The van der Waals surface area contributed by atoms with E-state index in [-0.39, 0.29) is 18.1 Å². The number of hydrogen-bond acceptors (Lipinski definition) is 5. The van der Waals surface area contributed by atoms with E-state index in [0.717, 1.165) is 29.2 Å². The molecule has 0 aliphatic carbocycles. The van der Waals surface area contributed by atoms with Gasteiger partial charge in [0.1, 0.15) is 5.69 Å². The van der Waals surface area contributed by atoms with Crippen molar-refractivity contribution in [2.75, 3.05) is 6.54 Å². The number of fused-ring (bicyclic) bond motifs is 2. The number of rotatable bonds is 2. The first-order valence-electron chi connectivity index (χ1n) is 6.90. The van der Waals surface area contributed by atoms with Gasteiger partial charge in [0.25, 0.3) is 0 Å². The molecule has 108 valence electrons. The van der Waals surface area contributed by atoms with Gasteiger partial charge in [0, 0.05) is 30.6 Å². The van der Waals surface area contributed by atoms with Crippen molar-refractivity contribution < 1.29 is 14.5 Å². The van der Waals surface area contributed by atoms with Crippen LogP contribution in [0.25, 0.3) is 11.3 Å². The van der Waals surface area contributed by atoms with Gasteiger partial charge in [-0.25, -0.2) is 9.86 Å². The van der Waals surface area contributed by atoms with Crippen molar-refractivity contribution >= 4 is 6.03 Å². The predicted molar refractivity (Wildman–Crippen MR) is 71.2 cm³/mol. The number of nitrogens with zero attached hydrogens (tertiary/aromatic N) is 4. The monoisotopic (exact) mass is 286 g/mol. The van der Waals surface area contributed by atoms with E-state index in [2.05, 4.69) is 10.1 Å². The summed E-state index contributed by atoms with van der Waals surface area (Å²) in [4.78, 5) is 17.6. The summed E-state index contributed by atoms with van der Waals surface area (Å²) in [6, 6.07) is 4.96. The first-order valence-corrected chi connectivity index (χ1v) is 6.90. The molecule has 4 heterocycles. The maximum atomic E-state index is 12.0. The molecule has 0 radical (unpaired) electrons. The number of pyridine rings is 1. The Morgan fingerprint density at radius 2 is 2.10 bits per heavy atom. The number of aromatic nitrogens is 2. The molecule has 4 rings (SSSR count). The molecule has 2 atom stereocenters. The zero-order valence-corrected chi connectivity index (χ0v) is 11.2. The molecular formula is C14H14N4O3. The lowest BCUT2D eigenvalue weighted by Gasteiger charge is -2.28. The normalized spacial score (nSPS) is 24.7. The molecule has 7 nitrogen and oxygen atoms in total. The van der Waals surface area contributed by atoms with Crippen LogP contribution in [0, 0.1) is 0 Å². The van der Waals surface area contributed by atoms with E-state index < -0.39 is 0 Å². The van der Waals surface area contributed by atoms with E-state index in [9.17, 15) is 10.0 Å². The minimum atomic E-state index is -0.351. The lowest BCUT2D eigenvalue weighted by Crippen LogP contribution is -2.34. The Labute approximate surface area is 120 Å². The van der Waals surface area contributed by atoms with E-state index in [1.54, 1.807) is 17.3 Å². The molecule has 0 saturated carbocycles. The number of urea groups is 1. The summed E-state index contributed by atoms with van der Waals surface area (Å²) in [5.74, 6) is 0.655. The number of hydrogen-bond donors (Lipinski definition) is 1. The third-order valence-electron chi connectivity index (χ3n) is 4.18. The fourth-order valence-corrected chi connectivity index (χ4v) is 3.06. The zero-order valence-electron chi connectivity index (χ0n) is 11.2. The first-order chi connectivity index (χ1) is 10.2. The molecule has 2 amide bonds. The van der Waals surface area contributed by atoms with E-state index in [4.69, 9.17) is 4.52 Å². The summed E-state index contributed by atoms with van der Waals surface area (Å²) in [5.41, 5.74) is 1.62. The van der Waals surface area contributed by atoms with Crippen LogP contribution in [0.2, 0.25) is 0 Å². The van der Waals surface area contributed by atoms with Gasteiger partial charge in [-0.2, -0.15) is 0 Å². The largest absolute Gasteiger partial charge is 0.356 e. The van der Waals surface area contributed by atoms with Crippen molar-refractivity contribution in [3.05, 3.63) is 36.3 Å². The van der Waals surface area contributed by atoms with Gasteiger partial charge < -0.3 is 9.42 Å². The maximum absolute atomic E-state index is 12.0. The van der Waals surface area contributed by atoms with Crippen LogP contribution >= 0.6 is 0 Å². The highest BCUT2D eigenvalue weighted by molar-refractivity contribution is 5.77. The van der Waals surface area contributed by atoms with Crippen molar-refractivity contribution in [1.29, 1.82) is 0 Å². The lowest BCUT2D eigenvalue weighted by atomic mass is 9.98. The number of amides is 2. The molecule has 0 spiro atoms. The second-order valence-corrected chi connectivity index (χ2v) is 5.38. The summed E-state index contributed by atoms with van der Waals surface area (Å²) < 4.78 is 5.38. The molecule has 2 saturated heterocycles. The lowest BCUT2D eigenvalue weighted by molar-refractivity contribution is -0.0584. The SMILES string of the molecule is O=C1N(O)[C@H]2CC[C@@H](c3cc(-c4ccncc4)on3)N1C2. The van der Waals surface area contributed by atoms with E-state index in [1.807, 2.05) is 18.2 Å². The fourth-order valence-electron chi connectivity index (χ4n) is 3.06. The molecular weight excluding hydrogens is 272 g/mol. The molecule has 2 aliphatic rings. The number of hydroxylamine groups is 2. The van der Waals surface area contributed by atoms with Gasteiger partial charge in [0.2, 0.25) is 0 Å². The number of piperidine rings is 1. The summed E-state index contributed by atoms with van der Waals surface area (Å²) in [6.45, 7) is 0.539. The van der Waals surface area contributed by atoms with Crippen molar-refractivity contribution in [2.45, 2.75) is 24.9 Å². The highest BCUT2D eigenvalue weighted by atomic mass is 16.5. The fraction of sp³-hybridized carbons (Fsp3) is 0.357. The molecule has 2 aromatic heterocycles. The van der Waals surface area contributed by atoms with E-state index in [0.29, 0.717) is 12.3 Å². The van der Waals surface area contributed by atoms with Gasteiger partial charge in [-0.3, -0.25) is 10.2 Å². The van der Waals surface area contributed by atoms with Gasteiger partial charge in [0.15, 0.2) is 5.76 Å². The van der Waals surface area contributed by atoms with Crippen molar-refractivity contribution in [3.63, 3.8) is 0 Å². The molecule has 2 bridgehead atoms. The second-order valence-electron chi connectivity index (χ2n) is 5.38. The third-order valence-corrected chi connectivity index (χ3v) is 4.18. The summed E-state index contributed by atoms with van der Waals surface area (Å²) >= 11 is 0. The van der Waals surface area contributed by atoms with Crippen LogP contribution < -0.4 is 0 Å². The Balaban J connectivity index is 1.63. The van der Waals surface area contributed by atoms with Crippen LogP contribution in [0.4, 0.5) is 4.79 Å². The second kappa shape index (κ2) is 4.56. The maximum Gasteiger partial charge on any atom is 0.344 e. The summed E-state index contributed by atoms with van der Waals surface area (Å²) in [6.07, 6.45) is 4.92. The van der Waals surface area contributed by atoms with E-state index in [1.165, 1.54) is 0 Å². The topological polar surface area (TPSA) is 82.7 Å². The Bertz CT molecular complexity index is 672. The van der Waals surface area contributed by atoms with Crippen molar-refractivity contribution in [1.82, 2.24) is 20.1 Å². The first kappa shape index (κ1) is 12.3. The molecule has 0 unspecified atom stereocenters. The van der Waals surface area contributed by atoms with Crippen molar-refractivity contribution in [3.8, 4) is 11.3 Å². The molecule has 0 aromatic carbocycles. The standard InChI is InChI=1S/C14H14N4O3/c19-14-17-8-10(18(14)20)1-2-12(17)11-7-13(21-16-11)9-3-5-15-6-4-9/h3-7,10,12,20H,1-2,8H2/t10-,12-/m0/s1. The molecule has 2 aromatic rings. The zero-order chi connectivity index (χ0) is 14.4. The average Bonchev–Trinajstić information content (AvgIpc) is 3.10. The predicted octanol–water partition coefficient (Wildman–Crippen LogP) is 2.07. The summed E-state index contributed by atoms with van der Waals surface area (Å²) in [7, 11) is 0. The van der Waals surface area contributed by atoms with Gasteiger partial charge in [0.05, 0.1) is 12.1 Å². The van der Waals surface area contributed by atoms with Gasteiger partial charge >= 0.3 is 6.03 Å². The minimum Gasteiger partial charge on any atom is -0.356 e. The Kier molecular flexibility index (Phi) is 2.68. The molecule has 21 heavy (non-hydrogen) atoms. The smallest absolute Gasteiger partial charge is 0.344 e. The number of carbonyl (C=O) groups excluding carboxylic acids is 1. The third kappa shape index (κ3) is 1.89. The Morgan fingerprint density at radius 1 is 1.29 bits per heavy atom. The van der Waals surface area contributed by atoms with Crippen LogP contribution in [0.15, 0.2) is 35.1 Å². The highest BCUT2D eigenvalue weighted by Gasteiger charge is 2.45. The Morgan fingerprint density at radius 3 is 2.90 bits per heavy atom. The molecule has 1 N–H and O–H groups in total. The quantitative estimate of drug-likeness (QED) is 0.854. The van der Waals surface area contributed by atoms with Crippen LogP contribution in [0.1, 0.15) is 24.6 Å².